The van der Waals surface area contributed by atoms with Crippen LogP contribution in [0.3, 0.4) is 0 Å². The molecule has 0 saturated carbocycles. The SMILES string of the molecule is COCCC(C)NC(=O)N[C@H](C)C(=O)O. The fourth-order valence-corrected chi connectivity index (χ4v) is 0.891. The number of carbonyl (C=O) groups is 2. The molecular formula is C9H18N2O4. The van der Waals surface area contributed by atoms with E-state index in [0.717, 1.165) is 0 Å². The third kappa shape index (κ3) is 6.73. The first-order valence-corrected chi connectivity index (χ1v) is 4.76. The number of methoxy groups -OCH3 is 1. The van der Waals surface area contributed by atoms with Gasteiger partial charge in [0.1, 0.15) is 6.04 Å². The van der Waals surface area contributed by atoms with E-state index in [4.69, 9.17) is 9.84 Å². The van der Waals surface area contributed by atoms with Crippen LogP contribution in [0.25, 0.3) is 0 Å². The average Bonchev–Trinajstić information content (AvgIpc) is 2.14. The molecule has 0 aromatic rings. The minimum absolute atomic E-state index is 0.0501. The van der Waals surface area contributed by atoms with Crippen molar-refractivity contribution < 1.29 is 19.4 Å². The summed E-state index contributed by atoms with van der Waals surface area (Å²) in [6.45, 7) is 3.78. The minimum atomic E-state index is -1.06. The van der Waals surface area contributed by atoms with E-state index < -0.39 is 18.0 Å². The zero-order chi connectivity index (χ0) is 11.8. The number of carbonyl (C=O) groups excluding carboxylic acids is 1. The third-order valence-electron chi connectivity index (χ3n) is 1.85. The first-order chi connectivity index (χ1) is 6.97. The largest absolute Gasteiger partial charge is 0.480 e. The Hall–Kier alpha value is -1.30. The van der Waals surface area contributed by atoms with Gasteiger partial charge < -0.3 is 20.5 Å². The minimum Gasteiger partial charge on any atom is -0.480 e. The van der Waals surface area contributed by atoms with Crippen LogP contribution in [0.2, 0.25) is 0 Å². The number of hydrogen-bond acceptors (Lipinski definition) is 3. The molecular weight excluding hydrogens is 200 g/mol. The molecule has 6 heteroatoms. The Morgan fingerprint density at radius 2 is 1.93 bits per heavy atom. The first kappa shape index (κ1) is 13.7. The predicted molar refractivity (Wildman–Crippen MR) is 54.7 cm³/mol. The molecule has 0 fully saturated rings. The van der Waals surface area contributed by atoms with Crippen LogP contribution in [0.5, 0.6) is 0 Å². The number of nitrogens with one attached hydrogen (secondary N) is 2. The van der Waals surface area contributed by atoms with E-state index >= 15 is 0 Å². The molecule has 0 aromatic carbocycles. The third-order valence-corrected chi connectivity index (χ3v) is 1.85. The molecule has 0 aromatic heterocycles. The molecule has 0 aliphatic heterocycles. The quantitative estimate of drug-likeness (QED) is 0.593. The highest BCUT2D eigenvalue weighted by Gasteiger charge is 2.14. The Kier molecular flexibility index (Phi) is 6.44. The average molecular weight is 218 g/mol. The molecule has 0 spiro atoms. The number of urea groups is 1. The number of amides is 2. The molecule has 0 heterocycles. The molecule has 1 unspecified atom stereocenters. The van der Waals surface area contributed by atoms with E-state index in [9.17, 15) is 9.59 Å². The Balaban J connectivity index is 3.77. The lowest BCUT2D eigenvalue weighted by Crippen LogP contribution is -2.47. The summed E-state index contributed by atoms with van der Waals surface area (Å²) in [4.78, 5) is 21.6. The molecule has 2 atom stereocenters. The summed E-state index contributed by atoms with van der Waals surface area (Å²) in [5.74, 6) is -1.06. The lowest BCUT2D eigenvalue weighted by molar-refractivity contribution is -0.138. The zero-order valence-corrected chi connectivity index (χ0v) is 9.24. The van der Waals surface area contributed by atoms with Gasteiger partial charge in [-0.2, -0.15) is 0 Å². The van der Waals surface area contributed by atoms with E-state index in [1.807, 2.05) is 6.92 Å². The molecule has 15 heavy (non-hydrogen) atoms. The zero-order valence-electron chi connectivity index (χ0n) is 9.24. The number of aliphatic carboxylic acids is 1. The maximum absolute atomic E-state index is 11.2. The van der Waals surface area contributed by atoms with Crippen LogP contribution >= 0.6 is 0 Å². The highest BCUT2D eigenvalue weighted by Crippen LogP contribution is 1.91. The van der Waals surface area contributed by atoms with Crippen LogP contribution in [-0.2, 0) is 9.53 Å². The summed E-state index contributed by atoms with van der Waals surface area (Å²) in [7, 11) is 1.58. The van der Waals surface area contributed by atoms with E-state index in [0.29, 0.717) is 13.0 Å². The van der Waals surface area contributed by atoms with Gasteiger partial charge in [0.15, 0.2) is 0 Å². The van der Waals surface area contributed by atoms with E-state index in [-0.39, 0.29) is 6.04 Å². The Labute approximate surface area is 89.0 Å². The number of carboxylic acids is 1. The summed E-state index contributed by atoms with van der Waals surface area (Å²) in [6, 6.07) is -1.42. The van der Waals surface area contributed by atoms with E-state index in [2.05, 4.69) is 10.6 Å². The van der Waals surface area contributed by atoms with Crippen molar-refractivity contribution >= 4 is 12.0 Å². The van der Waals surface area contributed by atoms with Crippen molar-refractivity contribution in [1.29, 1.82) is 0 Å². The van der Waals surface area contributed by atoms with Crippen molar-refractivity contribution in [1.82, 2.24) is 10.6 Å². The van der Waals surface area contributed by atoms with Crippen LogP contribution in [0.4, 0.5) is 4.79 Å². The summed E-state index contributed by atoms with van der Waals surface area (Å²) in [5.41, 5.74) is 0. The maximum atomic E-state index is 11.2. The second kappa shape index (κ2) is 7.05. The Morgan fingerprint density at radius 1 is 1.33 bits per heavy atom. The number of rotatable bonds is 6. The maximum Gasteiger partial charge on any atom is 0.325 e. The van der Waals surface area contributed by atoms with Crippen LogP contribution in [-0.4, -0.2) is 42.9 Å². The van der Waals surface area contributed by atoms with Crippen molar-refractivity contribution in [2.45, 2.75) is 32.4 Å². The highest BCUT2D eigenvalue weighted by molar-refractivity contribution is 5.82. The normalized spacial score (nSPS) is 14.1. The van der Waals surface area contributed by atoms with Crippen molar-refractivity contribution in [3.8, 4) is 0 Å². The molecule has 0 saturated heterocycles. The first-order valence-electron chi connectivity index (χ1n) is 4.76. The predicted octanol–water partition coefficient (Wildman–Crippen LogP) is 0.184. The van der Waals surface area contributed by atoms with Crippen LogP contribution in [0.1, 0.15) is 20.3 Å². The van der Waals surface area contributed by atoms with Crippen LogP contribution in [0, 0.1) is 0 Å². The van der Waals surface area contributed by atoms with Gasteiger partial charge in [0.05, 0.1) is 0 Å². The molecule has 6 nitrogen and oxygen atoms in total. The van der Waals surface area contributed by atoms with Gasteiger partial charge in [-0.05, 0) is 20.3 Å². The fourth-order valence-electron chi connectivity index (χ4n) is 0.891. The summed E-state index contributed by atoms with van der Waals surface area (Å²) in [6.07, 6.45) is 0.686. The second-order valence-electron chi connectivity index (χ2n) is 3.36. The summed E-state index contributed by atoms with van der Waals surface area (Å²) < 4.78 is 4.85. The number of hydrogen-bond donors (Lipinski definition) is 3. The van der Waals surface area contributed by atoms with Crippen LogP contribution < -0.4 is 10.6 Å². The molecule has 88 valence electrons. The molecule has 0 aliphatic carbocycles. The molecule has 3 N–H and O–H groups in total. The number of carboxylic acid groups (broad SMARTS) is 1. The molecule has 0 rings (SSSR count). The second-order valence-corrected chi connectivity index (χ2v) is 3.36. The topological polar surface area (TPSA) is 87.7 Å². The molecule has 0 aliphatic rings. The monoisotopic (exact) mass is 218 g/mol. The van der Waals surface area contributed by atoms with Crippen molar-refractivity contribution in [3.63, 3.8) is 0 Å². The van der Waals surface area contributed by atoms with Gasteiger partial charge in [0.2, 0.25) is 0 Å². The summed E-state index contributed by atoms with van der Waals surface area (Å²) >= 11 is 0. The van der Waals surface area contributed by atoms with E-state index in [1.165, 1.54) is 6.92 Å². The lowest BCUT2D eigenvalue weighted by atomic mass is 10.2. The highest BCUT2D eigenvalue weighted by atomic mass is 16.5. The van der Waals surface area contributed by atoms with Gasteiger partial charge in [-0.15, -0.1) is 0 Å². The van der Waals surface area contributed by atoms with Gasteiger partial charge >= 0.3 is 12.0 Å². The van der Waals surface area contributed by atoms with Crippen molar-refractivity contribution in [3.05, 3.63) is 0 Å². The standard InChI is InChI=1S/C9H18N2O4/c1-6(4-5-15-3)10-9(14)11-7(2)8(12)13/h6-7H,4-5H2,1-3H3,(H,12,13)(H2,10,11,14)/t6?,7-/m1/s1. The summed E-state index contributed by atoms with van der Waals surface area (Å²) in [5, 5.41) is 13.4. The lowest BCUT2D eigenvalue weighted by Gasteiger charge is -2.15. The Morgan fingerprint density at radius 3 is 2.40 bits per heavy atom. The van der Waals surface area contributed by atoms with Gasteiger partial charge in [-0.25, -0.2) is 4.79 Å². The van der Waals surface area contributed by atoms with Crippen molar-refractivity contribution in [2.75, 3.05) is 13.7 Å². The van der Waals surface area contributed by atoms with E-state index in [1.54, 1.807) is 7.11 Å². The molecule has 0 radical (unpaired) electrons. The van der Waals surface area contributed by atoms with Gasteiger partial charge in [0, 0.05) is 19.8 Å². The van der Waals surface area contributed by atoms with Gasteiger partial charge in [-0.3, -0.25) is 4.79 Å². The van der Waals surface area contributed by atoms with Gasteiger partial charge in [-0.1, -0.05) is 0 Å². The smallest absolute Gasteiger partial charge is 0.325 e. The molecule has 0 bridgehead atoms. The number of ether oxygens (including phenoxy) is 1. The van der Waals surface area contributed by atoms with Crippen LogP contribution in [0.15, 0.2) is 0 Å². The Bertz CT molecular complexity index is 220. The van der Waals surface area contributed by atoms with Crippen molar-refractivity contribution in [2.24, 2.45) is 0 Å². The fraction of sp³-hybridized carbons (Fsp3) is 0.778. The molecule has 2 amide bonds. The van der Waals surface area contributed by atoms with Gasteiger partial charge in [0.25, 0.3) is 0 Å².